The second kappa shape index (κ2) is 6.98. The highest BCUT2D eigenvalue weighted by molar-refractivity contribution is 5.83. The first-order valence-corrected chi connectivity index (χ1v) is 10.1. The first kappa shape index (κ1) is 19.1. The largest absolute Gasteiger partial charge is 0.294 e. The van der Waals surface area contributed by atoms with E-state index in [1.807, 2.05) is 13.1 Å². The Morgan fingerprint density at radius 3 is 2.68 bits per heavy atom. The normalized spacial score (nSPS) is 24.9. The van der Waals surface area contributed by atoms with Crippen molar-refractivity contribution in [3.8, 4) is 0 Å². The summed E-state index contributed by atoms with van der Waals surface area (Å²) in [5.74, 6) is 5.86. The summed E-state index contributed by atoms with van der Waals surface area (Å²) < 4.78 is 0. The van der Waals surface area contributed by atoms with E-state index in [2.05, 4.69) is 65.6 Å². The van der Waals surface area contributed by atoms with Crippen LogP contribution in [0.5, 0.6) is 0 Å². The molecule has 3 N–H and O–H groups in total. The number of nitrogens with one attached hydrogen (secondary N) is 1. The van der Waals surface area contributed by atoms with Gasteiger partial charge in [0.15, 0.2) is 0 Å². The number of aryl methyl sites for hydroxylation is 1. The lowest BCUT2D eigenvalue weighted by Crippen LogP contribution is -2.61. The molecule has 148 valence electrons. The zero-order valence-electron chi connectivity index (χ0n) is 17.0. The van der Waals surface area contributed by atoms with Gasteiger partial charge in [-0.3, -0.25) is 20.1 Å². The molecule has 1 fully saturated rings. The fourth-order valence-corrected chi connectivity index (χ4v) is 5.14. The molecule has 28 heavy (non-hydrogen) atoms. The number of rotatable bonds is 3. The van der Waals surface area contributed by atoms with Crippen LogP contribution in [0.2, 0.25) is 0 Å². The lowest BCUT2D eigenvalue weighted by Gasteiger charge is -2.53. The number of carbonyl (C=O) groups is 1. The standard InChI is InChI=1S/C23H30N4O/c1-16-8-9-19(14-25-16)22(2,3)27-11-10-23(21(28)26-24)13-18-7-5-4-6-17(18)12-20(23)15-27/h4-9,14,20H,10-13,15,24H2,1-3H3,(H,26,28). The third-order valence-corrected chi connectivity index (χ3v) is 7.13. The molecule has 0 bridgehead atoms. The van der Waals surface area contributed by atoms with E-state index in [1.54, 1.807) is 0 Å². The maximum Gasteiger partial charge on any atom is 0.240 e. The van der Waals surface area contributed by atoms with Crippen LogP contribution in [0, 0.1) is 18.3 Å². The van der Waals surface area contributed by atoms with Gasteiger partial charge in [-0.05, 0) is 68.7 Å². The van der Waals surface area contributed by atoms with Crippen LogP contribution in [0.15, 0.2) is 42.6 Å². The summed E-state index contributed by atoms with van der Waals surface area (Å²) in [7, 11) is 0. The second-order valence-corrected chi connectivity index (χ2v) is 8.92. The zero-order chi connectivity index (χ0) is 19.9. The highest BCUT2D eigenvalue weighted by Gasteiger charge is 2.52. The topological polar surface area (TPSA) is 71.2 Å². The van der Waals surface area contributed by atoms with Crippen molar-refractivity contribution >= 4 is 5.91 Å². The van der Waals surface area contributed by atoms with Crippen molar-refractivity contribution in [3.63, 3.8) is 0 Å². The van der Waals surface area contributed by atoms with E-state index in [9.17, 15) is 4.79 Å². The number of likely N-dealkylation sites (tertiary alicyclic amines) is 1. The monoisotopic (exact) mass is 378 g/mol. The number of benzene rings is 1. The Morgan fingerprint density at radius 1 is 1.25 bits per heavy atom. The van der Waals surface area contributed by atoms with Gasteiger partial charge < -0.3 is 0 Å². The van der Waals surface area contributed by atoms with Gasteiger partial charge in [0.05, 0.1) is 5.41 Å². The second-order valence-electron chi connectivity index (χ2n) is 8.92. The molecule has 1 amide bonds. The first-order chi connectivity index (χ1) is 13.4. The van der Waals surface area contributed by atoms with Crippen LogP contribution in [-0.2, 0) is 23.2 Å². The molecule has 1 aliphatic carbocycles. The van der Waals surface area contributed by atoms with Gasteiger partial charge >= 0.3 is 0 Å². The summed E-state index contributed by atoms with van der Waals surface area (Å²) in [4.78, 5) is 19.9. The zero-order valence-corrected chi connectivity index (χ0v) is 17.0. The molecule has 1 aromatic heterocycles. The fraction of sp³-hybridized carbons (Fsp3) is 0.478. The van der Waals surface area contributed by atoms with Gasteiger partial charge in [-0.2, -0.15) is 0 Å². The number of piperidine rings is 1. The third kappa shape index (κ3) is 3.03. The van der Waals surface area contributed by atoms with E-state index in [0.29, 0.717) is 0 Å². The number of nitrogens with zero attached hydrogens (tertiary/aromatic N) is 2. The van der Waals surface area contributed by atoms with Gasteiger partial charge in [0.25, 0.3) is 0 Å². The Kier molecular flexibility index (Phi) is 4.76. The fourth-order valence-electron chi connectivity index (χ4n) is 5.14. The molecular weight excluding hydrogens is 348 g/mol. The van der Waals surface area contributed by atoms with Crippen molar-refractivity contribution in [2.75, 3.05) is 13.1 Å². The molecule has 0 saturated carbocycles. The summed E-state index contributed by atoms with van der Waals surface area (Å²) in [6, 6.07) is 12.8. The molecular formula is C23H30N4O. The van der Waals surface area contributed by atoms with Gasteiger partial charge in [-0.1, -0.05) is 30.3 Å². The Balaban J connectivity index is 1.66. The van der Waals surface area contributed by atoms with Crippen LogP contribution >= 0.6 is 0 Å². The molecule has 2 aromatic rings. The predicted molar refractivity (Wildman–Crippen MR) is 110 cm³/mol. The Hall–Kier alpha value is -2.24. The Labute approximate surface area is 167 Å². The van der Waals surface area contributed by atoms with E-state index < -0.39 is 5.41 Å². The number of aromatic nitrogens is 1. The van der Waals surface area contributed by atoms with Crippen LogP contribution in [0.4, 0.5) is 0 Å². The summed E-state index contributed by atoms with van der Waals surface area (Å²) >= 11 is 0. The van der Waals surface area contributed by atoms with Crippen LogP contribution in [0.1, 0.15) is 42.7 Å². The Bertz CT molecular complexity index is 876. The molecule has 4 rings (SSSR count). The molecule has 2 heterocycles. The van der Waals surface area contributed by atoms with E-state index in [-0.39, 0.29) is 17.4 Å². The highest BCUT2D eigenvalue weighted by atomic mass is 16.2. The van der Waals surface area contributed by atoms with E-state index >= 15 is 0 Å². The van der Waals surface area contributed by atoms with Gasteiger partial charge in [-0.15, -0.1) is 0 Å². The predicted octanol–water partition coefficient (Wildman–Crippen LogP) is 2.72. The number of carbonyl (C=O) groups excluding carboxylic acids is 1. The molecule has 5 heteroatoms. The van der Waals surface area contributed by atoms with Gasteiger partial charge in [0.2, 0.25) is 5.91 Å². The van der Waals surface area contributed by atoms with Crippen LogP contribution in [0.25, 0.3) is 0 Å². The van der Waals surface area contributed by atoms with Crippen molar-refractivity contribution < 1.29 is 4.79 Å². The number of hydrogen-bond acceptors (Lipinski definition) is 4. The number of amides is 1. The first-order valence-electron chi connectivity index (χ1n) is 10.1. The SMILES string of the molecule is Cc1ccc(C(C)(C)N2CCC3(C(=O)NN)Cc4ccccc4CC3C2)cn1. The molecule has 2 aliphatic rings. The summed E-state index contributed by atoms with van der Waals surface area (Å²) in [5.41, 5.74) is 6.82. The average Bonchev–Trinajstić information content (AvgIpc) is 2.71. The molecule has 0 spiro atoms. The molecule has 5 nitrogen and oxygen atoms in total. The van der Waals surface area contributed by atoms with E-state index in [1.165, 1.54) is 16.7 Å². The van der Waals surface area contributed by atoms with Gasteiger partial charge in [-0.25, -0.2) is 5.84 Å². The molecule has 1 aromatic carbocycles. The van der Waals surface area contributed by atoms with Crippen molar-refractivity contribution in [3.05, 3.63) is 65.0 Å². The van der Waals surface area contributed by atoms with Crippen LogP contribution < -0.4 is 11.3 Å². The van der Waals surface area contributed by atoms with Crippen LogP contribution in [-0.4, -0.2) is 28.9 Å². The molecule has 1 aliphatic heterocycles. The van der Waals surface area contributed by atoms with E-state index in [0.717, 1.165) is 38.0 Å². The molecule has 1 saturated heterocycles. The highest BCUT2D eigenvalue weighted by Crippen LogP contribution is 2.48. The van der Waals surface area contributed by atoms with Crippen molar-refractivity contribution in [2.45, 2.75) is 45.6 Å². The maximum atomic E-state index is 12.9. The average molecular weight is 379 g/mol. The summed E-state index contributed by atoms with van der Waals surface area (Å²) in [6.07, 6.45) is 4.50. The maximum absolute atomic E-state index is 12.9. The van der Waals surface area contributed by atoms with Crippen molar-refractivity contribution in [2.24, 2.45) is 17.2 Å². The van der Waals surface area contributed by atoms with Gasteiger partial charge in [0, 0.05) is 30.5 Å². The van der Waals surface area contributed by atoms with Crippen LogP contribution in [0.3, 0.4) is 0 Å². The number of hydrazine groups is 1. The lowest BCUT2D eigenvalue weighted by molar-refractivity contribution is -0.141. The summed E-state index contributed by atoms with van der Waals surface area (Å²) in [6.45, 7) is 8.27. The van der Waals surface area contributed by atoms with E-state index in [4.69, 9.17) is 5.84 Å². The van der Waals surface area contributed by atoms with Crippen molar-refractivity contribution in [1.29, 1.82) is 0 Å². The molecule has 2 atom stereocenters. The minimum atomic E-state index is -0.415. The molecule has 0 radical (unpaired) electrons. The smallest absolute Gasteiger partial charge is 0.240 e. The minimum absolute atomic E-state index is 0.0125. The van der Waals surface area contributed by atoms with Gasteiger partial charge in [0.1, 0.15) is 0 Å². The molecule has 2 unspecified atom stereocenters. The van der Waals surface area contributed by atoms with Crippen molar-refractivity contribution in [1.82, 2.24) is 15.3 Å². The minimum Gasteiger partial charge on any atom is -0.294 e. The third-order valence-electron chi connectivity index (χ3n) is 7.13. The number of nitrogens with two attached hydrogens (primary N) is 1. The quantitative estimate of drug-likeness (QED) is 0.489. The lowest BCUT2D eigenvalue weighted by atomic mass is 9.60. The number of fused-ring (bicyclic) bond motifs is 2. The number of pyridine rings is 1. The summed E-state index contributed by atoms with van der Waals surface area (Å²) in [5, 5.41) is 0. The Morgan fingerprint density at radius 2 is 2.00 bits per heavy atom. The number of hydrogen-bond donors (Lipinski definition) is 2.